The molecule has 0 aliphatic heterocycles. The molecule has 0 bridgehead atoms. The molecule has 0 spiro atoms. The van der Waals surface area contributed by atoms with E-state index < -0.39 is 23.7 Å². The van der Waals surface area contributed by atoms with E-state index in [-0.39, 0.29) is 17.2 Å². The second-order valence-corrected chi connectivity index (χ2v) is 7.98. The lowest BCUT2D eigenvalue weighted by atomic mass is 10.0. The van der Waals surface area contributed by atoms with E-state index in [0.717, 1.165) is 0 Å². The zero-order valence-corrected chi connectivity index (χ0v) is 18.2. The van der Waals surface area contributed by atoms with Gasteiger partial charge >= 0.3 is 0 Å². The van der Waals surface area contributed by atoms with Gasteiger partial charge in [0, 0.05) is 5.56 Å². The second kappa shape index (κ2) is 9.79. The number of carbonyl (C=O) groups is 2. The fraction of sp³-hybridized carbons (Fsp3) is 0.211. The lowest BCUT2D eigenvalue weighted by Gasteiger charge is -2.20. The first-order chi connectivity index (χ1) is 13.2. The largest absolute Gasteiger partial charge is 0.506 e. The number of carbonyl (C=O) groups excluding carboxylic acids is 2. The van der Waals surface area contributed by atoms with Gasteiger partial charge in [0.25, 0.3) is 11.8 Å². The highest BCUT2D eigenvalue weighted by Gasteiger charge is 2.24. The van der Waals surface area contributed by atoms with Crippen LogP contribution >= 0.6 is 31.9 Å². The van der Waals surface area contributed by atoms with Crippen molar-refractivity contribution in [2.24, 2.45) is 11.0 Å². The Kier molecular flexibility index (Phi) is 7.70. The molecule has 0 aromatic heterocycles. The molecule has 28 heavy (non-hydrogen) atoms. The van der Waals surface area contributed by atoms with E-state index >= 15 is 0 Å². The molecule has 148 valence electrons. The minimum absolute atomic E-state index is 0.0598. The molecule has 1 unspecified atom stereocenters. The average Bonchev–Trinajstić information content (AvgIpc) is 2.64. The van der Waals surface area contributed by atoms with E-state index in [1.165, 1.54) is 30.5 Å². The van der Waals surface area contributed by atoms with Gasteiger partial charge < -0.3 is 10.4 Å². The Balaban J connectivity index is 2.04. The van der Waals surface area contributed by atoms with Gasteiger partial charge in [0.15, 0.2) is 0 Å². The van der Waals surface area contributed by atoms with Gasteiger partial charge in [0.05, 0.1) is 15.2 Å². The minimum Gasteiger partial charge on any atom is -0.506 e. The highest BCUT2D eigenvalue weighted by molar-refractivity contribution is 9.11. The number of halogens is 3. The summed E-state index contributed by atoms with van der Waals surface area (Å²) in [6.07, 6.45) is 1.41. The van der Waals surface area contributed by atoms with Crippen molar-refractivity contribution in [3.8, 4) is 5.75 Å². The first-order valence-electron chi connectivity index (χ1n) is 8.26. The highest BCUT2D eigenvalue weighted by atomic mass is 79.9. The number of rotatable bonds is 6. The van der Waals surface area contributed by atoms with Crippen LogP contribution in [0, 0.1) is 11.7 Å². The smallest absolute Gasteiger partial charge is 0.262 e. The quantitative estimate of drug-likeness (QED) is 0.402. The number of hydrogen-bond acceptors (Lipinski definition) is 4. The fourth-order valence-corrected chi connectivity index (χ4v) is 3.48. The maximum Gasteiger partial charge on any atom is 0.262 e. The van der Waals surface area contributed by atoms with Gasteiger partial charge in [-0.2, -0.15) is 5.10 Å². The molecule has 0 fully saturated rings. The van der Waals surface area contributed by atoms with E-state index in [2.05, 4.69) is 47.7 Å². The number of hydrogen-bond donors (Lipinski definition) is 3. The zero-order valence-electron chi connectivity index (χ0n) is 15.0. The zero-order chi connectivity index (χ0) is 20.8. The molecule has 0 heterocycles. The van der Waals surface area contributed by atoms with Crippen LogP contribution in [0.15, 0.2) is 50.4 Å². The van der Waals surface area contributed by atoms with Gasteiger partial charge in [0.1, 0.15) is 17.6 Å². The Morgan fingerprint density at radius 3 is 2.25 bits per heavy atom. The molecule has 0 radical (unpaired) electrons. The van der Waals surface area contributed by atoms with Crippen LogP contribution in [0.25, 0.3) is 0 Å². The number of benzene rings is 2. The van der Waals surface area contributed by atoms with Crippen molar-refractivity contribution < 1.29 is 19.1 Å². The highest BCUT2D eigenvalue weighted by Crippen LogP contribution is 2.32. The predicted molar refractivity (Wildman–Crippen MR) is 112 cm³/mol. The number of phenols is 1. The van der Waals surface area contributed by atoms with E-state index in [4.69, 9.17) is 0 Å². The topological polar surface area (TPSA) is 90.8 Å². The molecule has 0 aliphatic rings. The number of aromatic hydroxyl groups is 1. The normalized spacial score (nSPS) is 12.2. The SMILES string of the molecule is CC(C)C(NC(=O)c1ccc(F)cc1)C(=O)N/N=C/c1cc(Br)c(O)c(Br)c1. The molecule has 3 N–H and O–H groups in total. The Labute approximate surface area is 178 Å². The molecular formula is C19H18Br2FN3O3. The summed E-state index contributed by atoms with van der Waals surface area (Å²) < 4.78 is 13.9. The number of nitrogens with zero attached hydrogens (tertiary/aromatic N) is 1. The third-order valence-electron chi connectivity index (χ3n) is 3.77. The van der Waals surface area contributed by atoms with Crippen LogP contribution in [0.2, 0.25) is 0 Å². The van der Waals surface area contributed by atoms with Crippen LogP contribution in [0.4, 0.5) is 4.39 Å². The van der Waals surface area contributed by atoms with Crippen molar-refractivity contribution in [1.29, 1.82) is 0 Å². The number of hydrazone groups is 1. The van der Waals surface area contributed by atoms with Gasteiger partial charge in [-0.3, -0.25) is 9.59 Å². The van der Waals surface area contributed by atoms with Crippen molar-refractivity contribution in [3.63, 3.8) is 0 Å². The standard InChI is InChI=1S/C19H18Br2FN3O3/c1-10(2)16(24-18(27)12-3-5-13(22)6-4-12)19(28)25-23-9-11-7-14(20)17(26)15(21)8-11/h3-10,16,26H,1-2H3,(H,24,27)(H,25,28)/b23-9+. The molecule has 0 saturated heterocycles. The summed E-state index contributed by atoms with van der Waals surface area (Å²) >= 11 is 6.43. The minimum atomic E-state index is -0.826. The summed E-state index contributed by atoms with van der Waals surface area (Å²) in [5.41, 5.74) is 3.28. The summed E-state index contributed by atoms with van der Waals surface area (Å²) in [6.45, 7) is 3.57. The number of nitrogens with one attached hydrogen (secondary N) is 2. The van der Waals surface area contributed by atoms with Gasteiger partial charge in [-0.05, 0) is 79.7 Å². The van der Waals surface area contributed by atoms with Crippen LogP contribution in [-0.2, 0) is 4.79 Å². The number of phenolic OH excluding ortho intramolecular Hbond substituents is 1. The van der Waals surface area contributed by atoms with Crippen LogP contribution in [0.5, 0.6) is 5.75 Å². The van der Waals surface area contributed by atoms with Crippen molar-refractivity contribution in [1.82, 2.24) is 10.7 Å². The van der Waals surface area contributed by atoms with Crippen LogP contribution in [0.1, 0.15) is 29.8 Å². The Morgan fingerprint density at radius 1 is 1.14 bits per heavy atom. The third-order valence-corrected chi connectivity index (χ3v) is 4.98. The van der Waals surface area contributed by atoms with Crippen LogP contribution in [-0.4, -0.2) is 29.2 Å². The fourth-order valence-electron chi connectivity index (χ4n) is 2.26. The molecule has 2 aromatic carbocycles. The molecule has 6 nitrogen and oxygen atoms in total. The van der Waals surface area contributed by atoms with Gasteiger partial charge in [0.2, 0.25) is 0 Å². The van der Waals surface area contributed by atoms with Crippen molar-refractivity contribution in [2.75, 3.05) is 0 Å². The van der Waals surface area contributed by atoms with E-state index in [0.29, 0.717) is 14.5 Å². The molecule has 2 rings (SSSR count). The first kappa shape index (κ1) is 22.0. The molecule has 1 atom stereocenters. The lowest BCUT2D eigenvalue weighted by molar-refractivity contribution is -0.123. The van der Waals surface area contributed by atoms with Crippen molar-refractivity contribution in [3.05, 3.63) is 62.3 Å². The molecule has 9 heteroatoms. The summed E-state index contributed by atoms with van der Waals surface area (Å²) in [5.74, 6) is -1.56. The summed E-state index contributed by atoms with van der Waals surface area (Å²) in [4.78, 5) is 24.7. The average molecular weight is 515 g/mol. The second-order valence-electron chi connectivity index (χ2n) is 6.27. The Bertz CT molecular complexity index is 879. The Morgan fingerprint density at radius 2 is 1.71 bits per heavy atom. The summed E-state index contributed by atoms with van der Waals surface area (Å²) in [5, 5.41) is 16.2. The molecular weight excluding hydrogens is 497 g/mol. The molecule has 2 aromatic rings. The first-order valence-corrected chi connectivity index (χ1v) is 9.85. The Hall–Kier alpha value is -2.26. The summed E-state index contributed by atoms with van der Waals surface area (Å²) in [7, 11) is 0. The van der Waals surface area contributed by atoms with Crippen LogP contribution < -0.4 is 10.7 Å². The van der Waals surface area contributed by atoms with Gasteiger partial charge in [-0.1, -0.05) is 13.8 Å². The van der Waals surface area contributed by atoms with E-state index in [1.54, 1.807) is 26.0 Å². The van der Waals surface area contributed by atoms with E-state index in [9.17, 15) is 19.1 Å². The number of amides is 2. The maximum absolute atomic E-state index is 13.0. The molecule has 2 amide bonds. The van der Waals surface area contributed by atoms with Crippen molar-refractivity contribution in [2.45, 2.75) is 19.9 Å². The summed E-state index contributed by atoms with van der Waals surface area (Å²) in [6, 6.07) is 7.48. The van der Waals surface area contributed by atoms with Crippen molar-refractivity contribution >= 4 is 49.9 Å². The molecule has 0 aliphatic carbocycles. The van der Waals surface area contributed by atoms with Gasteiger partial charge in [-0.15, -0.1) is 0 Å². The third kappa shape index (κ3) is 5.87. The lowest BCUT2D eigenvalue weighted by Crippen LogP contribution is -2.48. The molecule has 0 saturated carbocycles. The monoisotopic (exact) mass is 513 g/mol. The van der Waals surface area contributed by atoms with E-state index in [1.807, 2.05) is 0 Å². The maximum atomic E-state index is 13.0. The van der Waals surface area contributed by atoms with Crippen LogP contribution in [0.3, 0.4) is 0 Å². The predicted octanol–water partition coefficient (Wildman–Crippen LogP) is 3.96. The van der Waals surface area contributed by atoms with Gasteiger partial charge in [-0.25, -0.2) is 9.82 Å².